The van der Waals surface area contributed by atoms with E-state index >= 15 is 0 Å². The number of ether oxygens (including phenoxy) is 2. The summed E-state index contributed by atoms with van der Waals surface area (Å²) in [4.78, 5) is 97.6. The maximum atomic E-state index is 14.4. The van der Waals surface area contributed by atoms with Gasteiger partial charge in [0.1, 0.15) is 24.5 Å². The first kappa shape index (κ1) is 37.7. The SMILES string of the molecule is CC1OC(=O)NC1COC(=O)N(Cc1cc(N(C)C)c2c(c1O)C(=O)C1C(=O)[C@]3(O)C(=O)C(C(N)=O)C(=O)[C@@H](N(C)C)[C@@H]3C[C@@H]1C2)CC(C)(C)C. The number of cyclic esters (lactones) is 1. The molecule has 3 amide bonds. The fraction of sp³-hybridized carbons (Fsp3) is 0.629. The maximum Gasteiger partial charge on any atom is 0.410 e. The summed E-state index contributed by atoms with van der Waals surface area (Å²) in [6.45, 7) is 7.16. The van der Waals surface area contributed by atoms with E-state index in [1.165, 1.54) is 23.9 Å². The van der Waals surface area contributed by atoms with Crippen LogP contribution in [0.5, 0.6) is 5.75 Å². The van der Waals surface area contributed by atoms with Crippen molar-refractivity contribution in [3.63, 3.8) is 0 Å². The number of rotatable bonds is 8. The second-order valence-electron chi connectivity index (χ2n) is 15.8. The van der Waals surface area contributed by atoms with Crippen molar-refractivity contribution in [2.24, 2.45) is 34.8 Å². The Labute approximate surface area is 295 Å². The van der Waals surface area contributed by atoms with Crippen molar-refractivity contribution in [1.29, 1.82) is 0 Å². The third-order valence-corrected chi connectivity index (χ3v) is 10.4. The molecule has 3 aliphatic carbocycles. The first-order valence-electron chi connectivity index (χ1n) is 16.9. The molecule has 4 unspecified atom stereocenters. The van der Waals surface area contributed by atoms with Crippen molar-refractivity contribution in [3.8, 4) is 5.75 Å². The van der Waals surface area contributed by atoms with Gasteiger partial charge in [0, 0.05) is 37.8 Å². The summed E-state index contributed by atoms with van der Waals surface area (Å²) in [6, 6.07) is -0.110. The van der Waals surface area contributed by atoms with Crippen LogP contribution in [0, 0.1) is 29.1 Å². The second-order valence-corrected chi connectivity index (χ2v) is 15.8. The Morgan fingerprint density at radius 1 is 1.10 bits per heavy atom. The van der Waals surface area contributed by atoms with Crippen molar-refractivity contribution in [2.45, 2.75) is 70.9 Å². The molecule has 1 aromatic carbocycles. The molecule has 16 heteroatoms. The smallest absolute Gasteiger partial charge is 0.410 e. The number of carbonyl (C=O) groups is 7. The number of aromatic hydroxyl groups is 1. The summed E-state index contributed by atoms with van der Waals surface area (Å²) in [6.07, 6.45) is -1.88. The second kappa shape index (κ2) is 13.2. The first-order chi connectivity index (χ1) is 23.6. The molecule has 5 N–H and O–H groups in total. The number of hydrogen-bond donors (Lipinski definition) is 4. The number of nitrogens with two attached hydrogens (primary N) is 1. The van der Waals surface area contributed by atoms with E-state index in [1.807, 2.05) is 20.8 Å². The van der Waals surface area contributed by atoms with E-state index in [0.717, 1.165) is 0 Å². The summed E-state index contributed by atoms with van der Waals surface area (Å²) in [7, 11) is 6.53. The average molecular weight is 714 g/mol. The maximum absolute atomic E-state index is 14.4. The van der Waals surface area contributed by atoms with E-state index < -0.39 is 99.9 Å². The van der Waals surface area contributed by atoms with Gasteiger partial charge in [-0.2, -0.15) is 0 Å². The fourth-order valence-electron chi connectivity index (χ4n) is 8.17. The number of hydrogen-bond acceptors (Lipinski definition) is 13. The van der Waals surface area contributed by atoms with Crippen LogP contribution in [-0.2, 0) is 41.6 Å². The molecule has 3 fully saturated rings. The Morgan fingerprint density at radius 3 is 2.27 bits per heavy atom. The number of ketones is 4. The highest BCUT2D eigenvalue weighted by Gasteiger charge is 2.69. The number of anilines is 1. The zero-order chi connectivity index (χ0) is 38.1. The Morgan fingerprint density at radius 2 is 1.75 bits per heavy atom. The lowest BCUT2D eigenvalue weighted by atomic mass is 9.52. The number of Topliss-reactive ketones (excluding diaryl/α,β-unsaturated/α-hetero) is 4. The van der Waals surface area contributed by atoms with Crippen LogP contribution in [0.3, 0.4) is 0 Å². The number of carbonyl (C=O) groups excluding carboxylic acids is 7. The molecular weight excluding hydrogens is 666 g/mol. The fourth-order valence-corrected chi connectivity index (χ4v) is 8.17. The topological polar surface area (TPSA) is 226 Å². The predicted octanol–water partition coefficient (Wildman–Crippen LogP) is 0.415. The van der Waals surface area contributed by atoms with Crippen LogP contribution in [0.2, 0.25) is 0 Å². The quantitative estimate of drug-likeness (QED) is 0.268. The van der Waals surface area contributed by atoms with E-state index in [-0.39, 0.29) is 43.7 Å². The van der Waals surface area contributed by atoms with Crippen LogP contribution in [0.25, 0.3) is 0 Å². The average Bonchev–Trinajstić information content (AvgIpc) is 3.33. The molecule has 8 atom stereocenters. The summed E-state index contributed by atoms with van der Waals surface area (Å²) in [5.41, 5.74) is 3.11. The highest BCUT2D eigenvalue weighted by molar-refractivity contribution is 6.32. The van der Waals surface area contributed by atoms with E-state index in [9.17, 15) is 43.8 Å². The molecule has 1 saturated heterocycles. The van der Waals surface area contributed by atoms with Gasteiger partial charge in [-0.1, -0.05) is 20.8 Å². The molecule has 5 rings (SSSR count). The number of phenols is 1. The highest BCUT2D eigenvalue weighted by Crippen LogP contribution is 2.52. The molecule has 278 valence electrons. The van der Waals surface area contributed by atoms with Crippen LogP contribution in [0.15, 0.2) is 6.07 Å². The van der Waals surface area contributed by atoms with Gasteiger partial charge in [-0.05, 0) is 56.8 Å². The van der Waals surface area contributed by atoms with Crippen molar-refractivity contribution in [3.05, 3.63) is 22.8 Å². The molecule has 0 radical (unpaired) electrons. The summed E-state index contributed by atoms with van der Waals surface area (Å²) >= 11 is 0. The number of amides is 3. The predicted molar refractivity (Wildman–Crippen MR) is 180 cm³/mol. The van der Waals surface area contributed by atoms with Crippen molar-refractivity contribution in [2.75, 3.05) is 46.2 Å². The number of aliphatic hydroxyl groups is 1. The molecule has 16 nitrogen and oxygen atoms in total. The molecule has 0 aromatic heterocycles. The Balaban J connectivity index is 1.54. The van der Waals surface area contributed by atoms with Gasteiger partial charge in [-0.25, -0.2) is 9.59 Å². The van der Waals surface area contributed by atoms with Crippen LogP contribution in [-0.4, -0.2) is 126 Å². The molecule has 0 spiro atoms. The standard InChI is InChI=1S/C35H47N5O11/c1-15-20(37-32(47)51-15)13-50-33(48)40(14-34(2,3)4)12-17-11-21(38(5)6)18-9-16-10-19-25(39(7)8)28(43)24(31(36)46)30(45)35(19,49)29(44)22(16)27(42)23(18)26(17)41/h11,15-16,19-20,22,24-25,41,49H,9-10,12-14H2,1-8H3,(H2,36,46)(H,37,47)/t15?,16-,19-,20?,22?,24?,25-,35-/m0/s1. The first-order valence-corrected chi connectivity index (χ1v) is 16.9. The number of nitrogens with one attached hydrogen (secondary N) is 1. The Bertz CT molecular complexity index is 1700. The van der Waals surface area contributed by atoms with Gasteiger partial charge in [-0.15, -0.1) is 0 Å². The van der Waals surface area contributed by atoms with Crippen LogP contribution < -0.4 is 16.0 Å². The van der Waals surface area contributed by atoms with E-state index in [1.54, 1.807) is 32.0 Å². The largest absolute Gasteiger partial charge is 0.507 e. The van der Waals surface area contributed by atoms with Gasteiger partial charge >= 0.3 is 12.2 Å². The number of primary amides is 1. The summed E-state index contributed by atoms with van der Waals surface area (Å²) < 4.78 is 10.6. The van der Waals surface area contributed by atoms with Gasteiger partial charge in [0.25, 0.3) is 0 Å². The summed E-state index contributed by atoms with van der Waals surface area (Å²) in [5.74, 6) is -11.5. The third-order valence-electron chi connectivity index (χ3n) is 10.4. The molecule has 1 aromatic rings. The van der Waals surface area contributed by atoms with Crippen molar-refractivity contribution < 1.29 is 53.2 Å². The van der Waals surface area contributed by atoms with E-state index in [2.05, 4.69) is 5.32 Å². The molecule has 1 heterocycles. The van der Waals surface area contributed by atoms with E-state index in [0.29, 0.717) is 11.3 Å². The van der Waals surface area contributed by atoms with Crippen molar-refractivity contribution >= 4 is 46.9 Å². The number of alkyl carbamates (subject to hydrolysis) is 1. The van der Waals surface area contributed by atoms with Gasteiger partial charge < -0.3 is 40.5 Å². The van der Waals surface area contributed by atoms with Gasteiger partial charge in [0.2, 0.25) is 5.91 Å². The van der Waals surface area contributed by atoms with E-state index in [4.69, 9.17) is 15.2 Å². The number of nitrogens with zero attached hydrogens (tertiary/aromatic N) is 3. The number of phenolic OH excluding ortho intramolecular Hbond substituents is 1. The number of benzene rings is 1. The zero-order valence-corrected chi connectivity index (χ0v) is 30.1. The molecular formula is C35H47N5O11. The van der Waals surface area contributed by atoms with Gasteiger partial charge in [-0.3, -0.25) is 28.9 Å². The summed E-state index contributed by atoms with van der Waals surface area (Å²) in [5, 5.41) is 26.2. The minimum absolute atomic E-state index is 0.0738. The van der Waals surface area contributed by atoms with Gasteiger partial charge in [0.15, 0.2) is 34.7 Å². The minimum Gasteiger partial charge on any atom is -0.507 e. The molecule has 4 aliphatic rings. The molecule has 51 heavy (non-hydrogen) atoms. The number of likely N-dealkylation sites (N-methyl/N-ethyl adjacent to an activating group) is 1. The van der Waals surface area contributed by atoms with Crippen LogP contribution in [0.1, 0.15) is 55.6 Å². The highest BCUT2D eigenvalue weighted by atomic mass is 16.6. The molecule has 1 aliphatic heterocycles. The lowest BCUT2D eigenvalue weighted by Crippen LogP contribution is -2.74. The lowest BCUT2D eigenvalue weighted by Gasteiger charge is -2.52. The molecule has 0 bridgehead atoms. The van der Waals surface area contributed by atoms with Crippen LogP contribution in [0.4, 0.5) is 15.3 Å². The normalized spacial score (nSPS) is 30.2. The van der Waals surface area contributed by atoms with Crippen LogP contribution >= 0.6 is 0 Å². The monoisotopic (exact) mass is 713 g/mol. The Hall–Kier alpha value is -4.57. The Kier molecular flexibility index (Phi) is 9.75. The molecule has 2 saturated carbocycles. The zero-order valence-electron chi connectivity index (χ0n) is 30.1. The lowest BCUT2D eigenvalue weighted by molar-refractivity contribution is -0.181. The minimum atomic E-state index is -2.84. The third kappa shape index (κ3) is 6.43. The number of fused-ring (bicyclic) bond motifs is 3. The van der Waals surface area contributed by atoms with Gasteiger partial charge in [0.05, 0.1) is 24.1 Å². The van der Waals surface area contributed by atoms with Crippen molar-refractivity contribution in [1.82, 2.24) is 15.1 Å².